The summed E-state index contributed by atoms with van der Waals surface area (Å²) >= 11 is 0. The van der Waals surface area contributed by atoms with Gasteiger partial charge in [0, 0.05) is 13.1 Å². The molecule has 0 amide bonds. The molecule has 0 aliphatic heterocycles. The van der Waals surface area contributed by atoms with Crippen LogP contribution in [0.25, 0.3) is 0 Å². The fourth-order valence-electron chi connectivity index (χ4n) is 1.58. The molecule has 3 heteroatoms. The van der Waals surface area contributed by atoms with Gasteiger partial charge in [-0.05, 0) is 17.7 Å². The second-order valence-corrected chi connectivity index (χ2v) is 3.77. The Kier molecular flexibility index (Phi) is 3.50. The monoisotopic (exact) mass is 228 g/mol. The summed E-state index contributed by atoms with van der Waals surface area (Å²) in [4.78, 5) is 0. The zero-order valence-electron chi connectivity index (χ0n) is 9.81. The second-order valence-electron chi connectivity index (χ2n) is 3.77. The minimum absolute atomic E-state index is 0.563. The molecule has 0 atom stereocenters. The third-order valence-corrected chi connectivity index (χ3v) is 2.54. The lowest BCUT2D eigenvalue weighted by Crippen LogP contribution is -1.98. The molecule has 0 aliphatic carbocycles. The van der Waals surface area contributed by atoms with Crippen molar-refractivity contribution in [2.24, 2.45) is 0 Å². The van der Waals surface area contributed by atoms with E-state index in [0.29, 0.717) is 6.61 Å². The highest BCUT2D eigenvalue weighted by molar-refractivity contribution is 5.67. The first-order valence-corrected chi connectivity index (χ1v) is 5.53. The molecule has 0 saturated heterocycles. The molecule has 88 valence electrons. The molecule has 0 unspecified atom stereocenters. The maximum atomic E-state index is 5.79. The van der Waals surface area contributed by atoms with Gasteiger partial charge in [-0.3, -0.25) is 0 Å². The van der Waals surface area contributed by atoms with Crippen molar-refractivity contribution in [3.63, 3.8) is 0 Å². The van der Waals surface area contributed by atoms with Gasteiger partial charge in [-0.15, -0.1) is 0 Å². The molecule has 0 heterocycles. The van der Waals surface area contributed by atoms with Gasteiger partial charge in [0.15, 0.2) is 0 Å². The van der Waals surface area contributed by atoms with E-state index in [0.717, 1.165) is 22.7 Å². The first kappa shape index (κ1) is 11.3. The lowest BCUT2D eigenvalue weighted by molar-refractivity contribution is 0.306. The molecule has 0 saturated carbocycles. The minimum Gasteiger partial charge on any atom is -0.489 e. The van der Waals surface area contributed by atoms with Gasteiger partial charge in [-0.25, -0.2) is 0 Å². The molecule has 17 heavy (non-hydrogen) atoms. The summed E-state index contributed by atoms with van der Waals surface area (Å²) in [6, 6.07) is 15.7. The SMILES string of the molecule is CNc1cc(OCc2ccccc2)ccc1N. The molecule has 2 aromatic carbocycles. The lowest BCUT2D eigenvalue weighted by atomic mass is 10.2. The third-order valence-electron chi connectivity index (χ3n) is 2.54. The van der Waals surface area contributed by atoms with Gasteiger partial charge in [-0.2, -0.15) is 0 Å². The van der Waals surface area contributed by atoms with Gasteiger partial charge in [0.1, 0.15) is 12.4 Å². The van der Waals surface area contributed by atoms with E-state index in [9.17, 15) is 0 Å². The number of hydrogen-bond donors (Lipinski definition) is 2. The summed E-state index contributed by atoms with van der Waals surface area (Å²) in [6.07, 6.45) is 0. The Morgan fingerprint density at radius 2 is 1.88 bits per heavy atom. The number of nitrogen functional groups attached to an aromatic ring is 1. The highest BCUT2D eigenvalue weighted by Gasteiger charge is 2.00. The molecule has 0 aliphatic rings. The van der Waals surface area contributed by atoms with E-state index in [2.05, 4.69) is 5.32 Å². The van der Waals surface area contributed by atoms with Crippen molar-refractivity contribution in [3.05, 3.63) is 54.1 Å². The van der Waals surface area contributed by atoms with Gasteiger partial charge in [0.25, 0.3) is 0 Å². The Balaban J connectivity index is 2.04. The summed E-state index contributed by atoms with van der Waals surface area (Å²) in [7, 11) is 1.84. The molecular weight excluding hydrogens is 212 g/mol. The molecule has 2 rings (SSSR count). The number of nitrogens with two attached hydrogens (primary N) is 1. The Hall–Kier alpha value is -2.16. The topological polar surface area (TPSA) is 47.3 Å². The van der Waals surface area contributed by atoms with E-state index < -0.39 is 0 Å². The smallest absolute Gasteiger partial charge is 0.122 e. The molecule has 3 nitrogen and oxygen atoms in total. The summed E-state index contributed by atoms with van der Waals surface area (Å²) < 4.78 is 5.69. The Bertz CT molecular complexity index is 483. The van der Waals surface area contributed by atoms with E-state index in [1.807, 2.05) is 55.6 Å². The van der Waals surface area contributed by atoms with Crippen LogP contribution >= 0.6 is 0 Å². The average Bonchev–Trinajstić information content (AvgIpc) is 2.39. The number of benzene rings is 2. The lowest BCUT2D eigenvalue weighted by Gasteiger charge is -2.10. The predicted molar refractivity (Wildman–Crippen MR) is 71.2 cm³/mol. The van der Waals surface area contributed by atoms with Crippen LogP contribution in [-0.4, -0.2) is 7.05 Å². The minimum atomic E-state index is 0.563. The first-order chi connectivity index (χ1) is 8.29. The Labute approximate surface area is 101 Å². The zero-order chi connectivity index (χ0) is 12.1. The van der Waals surface area contributed by atoms with Gasteiger partial charge < -0.3 is 15.8 Å². The van der Waals surface area contributed by atoms with E-state index in [-0.39, 0.29) is 0 Å². The molecule has 0 aromatic heterocycles. The van der Waals surface area contributed by atoms with Crippen molar-refractivity contribution in [1.29, 1.82) is 0 Å². The van der Waals surface area contributed by atoms with Gasteiger partial charge in [0.05, 0.1) is 11.4 Å². The number of anilines is 2. The first-order valence-electron chi connectivity index (χ1n) is 5.53. The number of nitrogens with one attached hydrogen (secondary N) is 1. The van der Waals surface area contributed by atoms with Crippen LogP contribution in [0.4, 0.5) is 11.4 Å². The maximum absolute atomic E-state index is 5.79. The number of hydrogen-bond acceptors (Lipinski definition) is 3. The van der Waals surface area contributed by atoms with Gasteiger partial charge in [0.2, 0.25) is 0 Å². The van der Waals surface area contributed by atoms with Crippen molar-refractivity contribution < 1.29 is 4.74 Å². The van der Waals surface area contributed by atoms with Crippen LogP contribution in [0, 0.1) is 0 Å². The van der Waals surface area contributed by atoms with Crippen molar-refractivity contribution in [2.45, 2.75) is 6.61 Å². The van der Waals surface area contributed by atoms with Gasteiger partial charge in [-0.1, -0.05) is 30.3 Å². The molecular formula is C14H16N2O. The van der Waals surface area contributed by atoms with Crippen molar-refractivity contribution in [2.75, 3.05) is 18.1 Å². The molecule has 0 radical (unpaired) electrons. The molecule has 0 fully saturated rings. The second kappa shape index (κ2) is 5.25. The summed E-state index contributed by atoms with van der Waals surface area (Å²) in [5, 5.41) is 3.03. The van der Waals surface area contributed by atoms with Crippen molar-refractivity contribution in [3.8, 4) is 5.75 Å². The van der Waals surface area contributed by atoms with E-state index >= 15 is 0 Å². The highest BCUT2D eigenvalue weighted by atomic mass is 16.5. The van der Waals surface area contributed by atoms with E-state index in [1.54, 1.807) is 0 Å². The fourth-order valence-corrected chi connectivity index (χ4v) is 1.58. The fraction of sp³-hybridized carbons (Fsp3) is 0.143. The van der Waals surface area contributed by atoms with Crippen LogP contribution in [0.5, 0.6) is 5.75 Å². The van der Waals surface area contributed by atoms with Crippen LogP contribution in [0.15, 0.2) is 48.5 Å². The van der Waals surface area contributed by atoms with Crippen molar-refractivity contribution >= 4 is 11.4 Å². The maximum Gasteiger partial charge on any atom is 0.122 e. The van der Waals surface area contributed by atoms with E-state index in [1.165, 1.54) is 0 Å². The Morgan fingerprint density at radius 3 is 2.59 bits per heavy atom. The number of ether oxygens (including phenoxy) is 1. The van der Waals surface area contributed by atoms with Crippen LogP contribution in [0.1, 0.15) is 5.56 Å². The highest BCUT2D eigenvalue weighted by Crippen LogP contribution is 2.24. The summed E-state index contributed by atoms with van der Waals surface area (Å²) in [5.41, 5.74) is 8.54. The number of rotatable bonds is 4. The standard InChI is InChI=1S/C14H16N2O/c1-16-14-9-12(7-8-13(14)15)17-10-11-5-3-2-4-6-11/h2-9,16H,10,15H2,1H3. The third kappa shape index (κ3) is 2.91. The van der Waals surface area contributed by atoms with Gasteiger partial charge >= 0.3 is 0 Å². The van der Waals surface area contributed by atoms with Crippen LogP contribution in [0.3, 0.4) is 0 Å². The van der Waals surface area contributed by atoms with Crippen LogP contribution in [-0.2, 0) is 6.61 Å². The molecule has 2 aromatic rings. The largest absolute Gasteiger partial charge is 0.489 e. The average molecular weight is 228 g/mol. The van der Waals surface area contributed by atoms with Crippen LogP contribution < -0.4 is 15.8 Å². The molecule has 3 N–H and O–H groups in total. The summed E-state index contributed by atoms with van der Waals surface area (Å²) in [6.45, 7) is 0.563. The Morgan fingerprint density at radius 1 is 1.12 bits per heavy atom. The predicted octanol–water partition coefficient (Wildman–Crippen LogP) is 2.89. The molecule has 0 spiro atoms. The van der Waals surface area contributed by atoms with E-state index in [4.69, 9.17) is 10.5 Å². The van der Waals surface area contributed by atoms with Crippen LogP contribution in [0.2, 0.25) is 0 Å². The quantitative estimate of drug-likeness (QED) is 0.791. The summed E-state index contributed by atoms with van der Waals surface area (Å²) in [5.74, 6) is 0.812. The van der Waals surface area contributed by atoms with Crippen molar-refractivity contribution in [1.82, 2.24) is 0 Å². The normalized spacial score (nSPS) is 9.94. The molecule has 0 bridgehead atoms. The zero-order valence-corrected chi connectivity index (χ0v) is 9.81.